The summed E-state index contributed by atoms with van der Waals surface area (Å²) < 4.78 is 6.55. The molecule has 1 aliphatic rings. The molecule has 0 spiro atoms. The van der Waals surface area contributed by atoms with E-state index in [0.717, 1.165) is 44.2 Å². The zero-order chi connectivity index (χ0) is 30.8. The molecule has 0 radical (unpaired) electrons. The van der Waals surface area contributed by atoms with E-state index in [4.69, 9.17) is 19.4 Å². The highest BCUT2D eigenvalue weighted by molar-refractivity contribution is 6.08. The second-order valence-corrected chi connectivity index (χ2v) is 12.5. The first-order valence-electron chi connectivity index (χ1n) is 15.6. The van der Waals surface area contributed by atoms with E-state index < -0.39 is 0 Å². The van der Waals surface area contributed by atoms with Gasteiger partial charge in [0.25, 0.3) is 0 Å². The van der Waals surface area contributed by atoms with E-state index in [0.29, 0.717) is 17.5 Å². The summed E-state index contributed by atoms with van der Waals surface area (Å²) in [6.45, 7) is 4.59. The van der Waals surface area contributed by atoms with E-state index in [2.05, 4.69) is 117 Å². The Morgan fingerprint density at radius 3 is 1.65 bits per heavy atom. The van der Waals surface area contributed by atoms with Crippen LogP contribution in [0.1, 0.15) is 25.0 Å². The number of hydrogen-bond acceptors (Lipinski definition) is 4. The van der Waals surface area contributed by atoms with Crippen molar-refractivity contribution in [3.63, 3.8) is 0 Å². The van der Waals surface area contributed by atoms with Gasteiger partial charge >= 0.3 is 0 Å². The lowest BCUT2D eigenvalue weighted by Crippen LogP contribution is -2.14. The third-order valence-corrected chi connectivity index (χ3v) is 9.35. The minimum absolute atomic E-state index is 0.0847. The van der Waals surface area contributed by atoms with Crippen LogP contribution in [0, 0.1) is 0 Å². The fourth-order valence-electron chi connectivity index (χ4n) is 6.90. The molecule has 0 saturated heterocycles. The van der Waals surface area contributed by atoms with Crippen LogP contribution in [-0.4, -0.2) is 15.0 Å². The number of benzene rings is 6. The number of hydrogen-bond donors (Lipinski definition) is 0. The molecule has 4 heteroatoms. The highest BCUT2D eigenvalue weighted by atomic mass is 16.3. The Labute approximate surface area is 267 Å². The minimum Gasteiger partial charge on any atom is -0.456 e. The van der Waals surface area contributed by atoms with Gasteiger partial charge in [0, 0.05) is 32.9 Å². The second kappa shape index (κ2) is 10.1. The quantitative estimate of drug-likeness (QED) is 0.204. The lowest BCUT2D eigenvalue weighted by Gasteiger charge is -2.21. The molecule has 0 N–H and O–H groups in total. The van der Waals surface area contributed by atoms with Crippen molar-refractivity contribution in [1.29, 1.82) is 0 Å². The summed E-state index contributed by atoms with van der Waals surface area (Å²) in [5.41, 5.74) is 12.0. The first-order valence-corrected chi connectivity index (χ1v) is 15.6. The zero-order valence-corrected chi connectivity index (χ0v) is 25.5. The predicted octanol–water partition coefficient (Wildman–Crippen LogP) is 10.7. The van der Waals surface area contributed by atoms with Crippen LogP contribution in [0.3, 0.4) is 0 Å². The Bertz CT molecular complexity index is 2430. The van der Waals surface area contributed by atoms with E-state index in [1.807, 2.05) is 36.4 Å². The minimum atomic E-state index is -0.0847. The fourth-order valence-corrected chi connectivity index (χ4v) is 6.90. The summed E-state index contributed by atoms with van der Waals surface area (Å²) in [5, 5.41) is 2.20. The Kier molecular flexibility index (Phi) is 5.81. The normalized spacial score (nSPS) is 13.2. The molecule has 46 heavy (non-hydrogen) atoms. The molecule has 0 saturated carbocycles. The predicted molar refractivity (Wildman–Crippen MR) is 186 cm³/mol. The second-order valence-electron chi connectivity index (χ2n) is 12.5. The molecule has 0 atom stereocenters. The van der Waals surface area contributed by atoms with Crippen molar-refractivity contribution in [2.75, 3.05) is 0 Å². The lowest BCUT2D eigenvalue weighted by molar-refractivity contribution is 0.647. The van der Waals surface area contributed by atoms with Gasteiger partial charge in [0.2, 0.25) is 0 Å². The van der Waals surface area contributed by atoms with Crippen molar-refractivity contribution < 1.29 is 4.42 Å². The van der Waals surface area contributed by atoms with Crippen molar-refractivity contribution >= 4 is 21.9 Å². The highest BCUT2D eigenvalue weighted by Crippen LogP contribution is 2.50. The Morgan fingerprint density at radius 2 is 0.935 bits per heavy atom. The standard InChI is InChI=1S/C42H29N3O/c1-42(2)35-16-10-9-15-31(35)33-24-34-32-22-21-30(23-37(32)46-38(34)25-36(33)42)41-44-39(28-13-7-4-8-14-28)43-40(45-41)29-19-17-27(18-20-29)26-11-5-3-6-12-26/h3-25H,1-2H3. The van der Waals surface area contributed by atoms with Crippen LogP contribution in [0.15, 0.2) is 144 Å². The smallest absolute Gasteiger partial charge is 0.164 e. The van der Waals surface area contributed by atoms with Gasteiger partial charge in [-0.15, -0.1) is 0 Å². The molecule has 8 aromatic rings. The summed E-state index contributed by atoms with van der Waals surface area (Å²) in [5.74, 6) is 1.87. The van der Waals surface area contributed by atoms with E-state index in [1.165, 1.54) is 27.8 Å². The van der Waals surface area contributed by atoms with Crippen LogP contribution in [0.2, 0.25) is 0 Å². The molecule has 6 aromatic carbocycles. The van der Waals surface area contributed by atoms with Crippen LogP contribution in [0.5, 0.6) is 0 Å². The van der Waals surface area contributed by atoms with Gasteiger partial charge in [0.15, 0.2) is 17.5 Å². The number of aromatic nitrogens is 3. The summed E-state index contributed by atoms with van der Waals surface area (Å²) in [4.78, 5) is 14.9. The van der Waals surface area contributed by atoms with Gasteiger partial charge in [-0.25, -0.2) is 15.0 Å². The molecule has 9 rings (SSSR count). The maximum absolute atomic E-state index is 6.55. The van der Waals surface area contributed by atoms with E-state index in [1.54, 1.807) is 0 Å². The van der Waals surface area contributed by atoms with Crippen LogP contribution in [0.4, 0.5) is 0 Å². The van der Waals surface area contributed by atoms with Crippen molar-refractivity contribution in [3.8, 4) is 56.4 Å². The van der Waals surface area contributed by atoms with Crippen LogP contribution >= 0.6 is 0 Å². The maximum atomic E-state index is 6.55. The molecule has 0 aliphatic heterocycles. The van der Waals surface area contributed by atoms with E-state index in [9.17, 15) is 0 Å². The van der Waals surface area contributed by atoms with Crippen LogP contribution in [-0.2, 0) is 5.41 Å². The Morgan fingerprint density at radius 1 is 0.413 bits per heavy atom. The number of furan rings is 1. The third-order valence-electron chi connectivity index (χ3n) is 9.35. The first kappa shape index (κ1) is 26.5. The Balaban J connectivity index is 1.17. The lowest BCUT2D eigenvalue weighted by atomic mass is 9.82. The average Bonchev–Trinajstić information content (AvgIpc) is 3.59. The topological polar surface area (TPSA) is 51.8 Å². The van der Waals surface area contributed by atoms with Gasteiger partial charge in [-0.2, -0.15) is 0 Å². The summed E-state index contributed by atoms with van der Waals surface area (Å²) >= 11 is 0. The average molecular weight is 592 g/mol. The van der Waals surface area contributed by atoms with Crippen molar-refractivity contribution in [1.82, 2.24) is 15.0 Å². The molecule has 0 fully saturated rings. The SMILES string of the molecule is CC1(C)c2ccccc2-c2cc3c(cc21)oc1cc(-c2nc(-c4ccccc4)nc(-c4ccc(-c5ccccc5)cc4)n2)ccc13. The molecule has 0 bridgehead atoms. The molecule has 4 nitrogen and oxygen atoms in total. The summed E-state index contributed by atoms with van der Waals surface area (Å²) in [7, 11) is 0. The molecular weight excluding hydrogens is 562 g/mol. The van der Waals surface area contributed by atoms with E-state index >= 15 is 0 Å². The molecular formula is C42H29N3O. The molecule has 0 amide bonds. The molecule has 2 heterocycles. The summed E-state index contributed by atoms with van der Waals surface area (Å²) in [6, 6.07) is 48.4. The molecule has 2 aromatic heterocycles. The van der Waals surface area contributed by atoms with Crippen molar-refractivity contribution in [2.24, 2.45) is 0 Å². The van der Waals surface area contributed by atoms with Crippen molar-refractivity contribution in [2.45, 2.75) is 19.3 Å². The van der Waals surface area contributed by atoms with Gasteiger partial charge in [0.05, 0.1) is 0 Å². The third kappa shape index (κ3) is 4.18. The van der Waals surface area contributed by atoms with Gasteiger partial charge < -0.3 is 4.42 Å². The highest BCUT2D eigenvalue weighted by Gasteiger charge is 2.36. The number of nitrogens with zero attached hydrogens (tertiary/aromatic N) is 3. The fraction of sp³-hybridized carbons (Fsp3) is 0.0714. The van der Waals surface area contributed by atoms with Gasteiger partial charge in [-0.1, -0.05) is 129 Å². The van der Waals surface area contributed by atoms with Gasteiger partial charge in [0.1, 0.15) is 11.2 Å². The number of rotatable bonds is 4. The van der Waals surface area contributed by atoms with Crippen molar-refractivity contribution in [3.05, 3.63) is 151 Å². The number of fused-ring (bicyclic) bond motifs is 6. The van der Waals surface area contributed by atoms with Crippen LogP contribution in [0.25, 0.3) is 78.4 Å². The van der Waals surface area contributed by atoms with Gasteiger partial charge in [-0.3, -0.25) is 0 Å². The van der Waals surface area contributed by atoms with Crippen LogP contribution < -0.4 is 0 Å². The van der Waals surface area contributed by atoms with Gasteiger partial charge in [-0.05, 0) is 57.6 Å². The zero-order valence-electron chi connectivity index (χ0n) is 25.5. The largest absolute Gasteiger partial charge is 0.456 e. The molecule has 1 aliphatic carbocycles. The van der Waals surface area contributed by atoms with E-state index in [-0.39, 0.29) is 5.41 Å². The molecule has 0 unspecified atom stereocenters. The summed E-state index contributed by atoms with van der Waals surface area (Å²) in [6.07, 6.45) is 0. The monoisotopic (exact) mass is 591 g/mol. The first-order chi connectivity index (χ1) is 22.5. The molecule has 218 valence electrons. The maximum Gasteiger partial charge on any atom is 0.164 e. The Hall–Kier alpha value is -5.87.